The predicted molar refractivity (Wildman–Crippen MR) is 102 cm³/mol. The van der Waals surface area contributed by atoms with E-state index in [9.17, 15) is 4.79 Å². The first-order chi connectivity index (χ1) is 12.8. The number of aromatic amines is 1. The van der Waals surface area contributed by atoms with Crippen molar-refractivity contribution in [2.24, 2.45) is 0 Å². The normalized spacial score (nSPS) is 12.7. The molecular formula is C20H21N5O. The van der Waals surface area contributed by atoms with Crippen LogP contribution in [0.2, 0.25) is 0 Å². The molecule has 0 radical (unpaired) electrons. The minimum atomic E-state index is -0.154. The molecule has 6 heteroatoms. The van der Waals surface area contributed by atoms with Crippen LogP contribution in [0.4, 0.5) is 11.5 Å². The number of H-pyrrole nitrogens is 1. The van der Waals surface area contributed by atoms with Crippen molar-refractivity contribution in [1.82, 2.24) is 15.0 Å². The maximum atomic E-state index is 12.9. The summed E-state index contributed by atoms with van der Waals surface area (Å²) >= 11 is 0. The molecule has 0 fully saturated rings. The van der Waals surface area contributed by atoms with Crippen molar-refractivity contribution in [3.8, 4) is 11.3 Å². The molecule has 3 aromatic rings. The van der Waals surface area contributed by atoms with Gasteiger partial charge < -0.3 is 15.6 Å². The van der Waals surface area contributed by atoms with Gasteiger partial charge in [-0.25, -0.2) is 4.98 Å². The van der Waals surface area contributed by atoms with Gasteiger partial charge >= 0.3 is 0 Å². The van der Waals surface area contributed by atoms with Gasteiger partial charge in [0.25, 0.3) is 5.91 Å². The van der Waals surface area contributed by atoms with Gasteiger partial charge in [0.05, 0.1) is 23.1 Å². The SMILES string of the molecule is CCNc1ccc(NC(=O)c2c[nH]c3c2-c2ncccc2CCC3)cn1. The molecule has 0 aromatic carbocycles. The van der Waals surface area contributed by atoms with Gasteiger partial charge in [-0.3, -0.25) is 9.78 Å². The number of nitrogens with one attached hydrogen (secondary N) is 3. The van der Waals surface area contributed by atoms with Gasteiger partial charge in [0.1, 0.15) is 5.82 Å². The zero-order valence-corrected chi connectivity index (χ0v) is 14.7. The van der Waals surface area contributed by atoms with Gasteiger partial charge in [0, 0.05) is 30.2 Å². The number of carbonyl (C=O) groups is 1. The lowest BCUT2D eigenvalue weighted by Gasteiger charge is -2.09. The van der Waals surface area contributed by atoms with E-state index in [0.717, 1.165) is 48.6 Å². The Morgan fingerprint density at radius 2 is 2.15 bits per heavy atom. The molecule has 0 saturated carbocycles. The maximum Gasteiger partial charge on any atom is 0.257 e. The van der Waals surface area contributed by atoms with Crippen molar-refractivity contribution in [3.05, 3.63) is 59.7 Å². The van der Waals surface area contributed by atoms with Crippen LogP contribution in [0.5, 0.6) is 0 Å². The van der Waals surface area contributed by atoms with Crippen LogP contribution in [-0.2, 0) is 12.8 Å². The molecule has 4 rings (SSSR count). The molecule has 0 saturated heterocycles. The summed E-state index contributed by atoms with van der Waals surface area (Å²) in [5.74, 6) is 0.637. The highest BCUT2D eigenvalue weighted by Gasteiger charge is 2.24. The van der Waals surface area contributed by atoms with Crippen LogP contribution in [0.3, 0.4) is 0 Å². The Hall–Kier alpha value is -3.15. The number of nitrogens with zero attached hydrogens (tertiary/aromatic N) is 2. The second-order valence-corrected chi connectivity index (χ2v) is 6.34. The van der Waals surface area contributed by atoms with Crippen LogP contribution >= 0.6 is 0 Å². The van der Waals surface area contributed by atoms with Crippen molar-refractivity contribution >= 4 is 17.4 Å². The Morgan fingerprint density at radius 1 is 1.23 bits per heavy atom. The number of hydrogen-bond donors (Lipinski definition) is 3. The molecule has 132 valence electrons. The van der Waals surface area contributed by atoms with Crippen molar-refractivity contribution in [2.45, 2.75) is 26.2 Å². The van der Waals surface area contributed by atoms with E-state index < -0.39 is 0 Å². The lowest BCUT2D eigenvalue weighted by Crippen LogP contribution is -2.13. The van der Waals surface area contributed by atoms with Crippen LogP contribution in [0, 0.1) is 0 Å². The Morgan fingerprint density at radius 3 is 2.96 bits per heavy atom. The fourth-order valence-corrected chi connectivity index (χ4v) is 3.39. The summed E-state index contributed by atoms with van der Waals surface area (Å²) in [6.45, 7) is 2.82. The third-order valence-electron chi connectivity index (χ3n) is 4.59. The van der Waals surface area contributed by atoms with Gasteiger partial charge in [-0.1, -0.05) is 6.07 Å². The molecule has 3 aromatic heterocycles. The minimum Gasteiger partial charge on any atom is -0.370 e. The summed E-state index contributed by atoms with van der Waals surface area (Å²) in [6.07, 6.45) is 8.16. The van der Waals surface area contributed by atoms with E-state index in [1.807, 2.05) is 25.1 Å². The zero-order chi connectivity index (χ0) is 17.9. The highest BCUT2D eigenvalue weighted by molar-refractivity contribution is 6.09. The van der Waals surface area contributed by atoms with Crippen LogP contribution in [-0.4, -0.2) is 27.4 Å². The quantitative estimate of drug-likeness (QED) is 0.673. The summed E-state index contributed by atoms with van der Waals surface area (Å²) in [7, 11) is 0. The molecule has 0 spiro atoms. The number of carbonyl (C=O) groups excluding carboxylic acids is 1. The second kappa shape index (κ2) is 7.00. The lowest BCUT2D eigenvalue weighted by molar-refractivity contribution is 0.102. The standard InChI is InChI=1S/C20H21N5O/c1-2-21-17-9-8-14(11-24-17)25-20(26)15-12-23-16-7-3-5-13-6-4-10-22-19(13)18(15)16/h4,6,8-12,23H,2-3,5,7H2,1H3,(H,21,24)(H,25,26). The smallest absolute Gasteiger partial charge is 0.257 e. The third-order valence-corrected chi connectivity index (χ3v) is 4.59. The molecular weight excluding hydrogens is 326 g/mol. The van der Waals surface area contributed by atoms with Crippen LogP contribution in [0.25, 0.3) is 11.3 Å². The second-order valence-electron chi connectivity index (χ2n) is 6.34. The summed E-state index contributed by atoms with van der Waals surface area (Å²) in [4.78, 5) is 25.0. The van der Waals surface area contributed by atoms with Gasteiger partial charge in [-0.2, -0.15) is 0 Å². The van der Waals surface area contributed by atoms with Crippen LogP contribution < -0.4 is 10.6 Å². The molecule has 1 amide bonds. The number of hydrogen-bond acceptors (Lipinski definition) is 4. The molecule has 0 bridgehead atoms. The van der Waals surface area contributed by atoms with Gasteiger partial charge in [0.2, 0.25) is 0 Å². The summed E-state index contributed by atoms with van der Waals surface area (Å²) in [5, 5.41) is 6.08. The van der Waals surface area contributed by atoms with Crippen molar-refractivity contribution in [2.75, 3.05) is 17.2 Å². The fraction of sp³-hybridized carbons (Fsp3) is 0.250. The lowest BCUT2D eigenvalue weighted by atomic mass is 10.0. The van der Waals surface area contributed by atoms with E-state index in [2.05, 4.69) is 31.7 Å². The number of rotatable bonds is 4. The molecule has 26 heavy (non-hydrogen) atoms. The van der Waals surface area contributed by atoms with Gasteiger partial charge in [-0.05, 0) is 49.9 Å². The monoisotopic (exact) mass is 347 g/mol. The summed E-state index contributed by atoms with van der Waals surface area (Å²) in [6, 6.07) is 7.75. The predicted octanol–water partition coefficient (Wildman–Crippen LogP) is 3.64. The van der Waals surface area contributed by atoms with Crippen molar-refractivity contribution < 1.29 is 4.79 Å². The van der Waals surface area contributed by atoms with Gasteiger partial charge in [-0.15, -0.1) is 0 Å². The van der Waals surface area contributed by atoms with E-state index in [4.69, 9.17) is 0 Å². The molecule has 0 aliphatic heterocycles. The van der Waals surface area contributed by atoms with Crippen molar-refractivity contribution in [1.29, 1.82) is 0 Å². The zero-order valence-electron chi connectivity index (χ0n) is 14.7. The molecule has 0 unspecified atom stereocenters. The first-order valence-electron chi connectivity index (χ1n) is 8.92. The first-order valence-corrected chi connectivity index (χ1v) is 8.92. The van der Waals surface area contributed by atoms with E-state index in [1.54, 1.807) is 18.6 Å². The number of aromatic nitrogens is 3. The molecule has 3 heterocycles. The number of amides is 1. The average molecular weight is 347 g/mol. The number of pyridine rings is 2. The van der Waals surface area contributed by atoms with E-state index in [0.29, 0.717) is 11.3 Å². The van der Waals surface area contributed by atoms with Gasteiger partial charge in [0.15, 0.2) is 0 Å². The third kappa shape index (κ3) is 3.06. The number of anilines is 2. The fourth-order valence-electron chi connectivity index (χ4n) is 3.39. The Labute approximate surface area is 152 Å². The molecule has 1 aliphatic rings. The summed E-state index contributed by atoms with van der Waals surface area (Å²) < 4.78 is 0. The summed E-state index contributed by atoms with van der Waals surface area (Å²) in [5.41, 5.74) is 5.39. The molecule has 3 N–H and O–H groups in total. The van der Waals surface area contributed by atoms with E-state index in [-0.39, 0.29) is 5.91 Å². The van der Waals surface area contributed by atoms with Crippen LogP contribution in [0.15, 0.2) is 42.9 Å². The topological polar surface area (TPSA) is 82.7 Å². The number of fused-ring (bicyclic) bond motifs is 3. The Kier molecular flexibility index (Phi) is 4.39. The van der Waals surface area contributed by atoms with E-state index in [1.165, 1.54) is 5.56 Å². The Bertz CT molecular complexity index is 930. The molecule has 0 atom stereocenters. The number of aryl methyl sites for hydroxylation is 2. The van der Waals surface area contributed by atoms with E-state index >= 15 is 0 Å². The van der Waals surface area contributed by atoms with Crippen LogP contribution in [0.1, 0.15) is 35.0 Å². The largest absolute Gasteiger partial charge is 0.370 e. The minimum absolute atomic E-state index is 0.154. The highest BCUT2D eigenvalue weighted by Crippen LogP contribution is 2.33. The van der Waals surface area contributed by atoms with Crippen molar-refractivity contribution in [3.63, 3.8) is 0 Å². The molecule has 6 nitrogen and oxygen atoms in total. The molecule has 1 aliphatic carbocycles. The highest BCUT2D eigenvalue weighted by atomic mass is 16.1. The maximum absolute atomic E-state index is 12.9. The first kappa shape index (κ1) is 16.3. The average Bonchev–Trinajstić information content (AvgIpc) is 2.99. The Balaban J connectivity index is 1.64.